The second-order valence-corrected chi connectivity index (χ2v) is 4.12. The van der Waals surface area contributed by atoms with Crippen molar-refractivity contribution in [3.63, 3.8) is 0 Å². The van der Waals surface area contributed by atoms with E-state index in [9.17, 15) is 0 Å². The molecular formula is C11H15ClN4O. The molecule has 92 valence electrons. The van der Waals surface area contributed by atoms with Gasteiger partial charge in [-0.25, -0.2) is 0 Å². The van der Waals surface area contributed by atoms with Crippen molar-refractivity contribution >= 4 is 17.4 Å². The summed E-state index contributed by atoms with van der Waals surface area (Å²) in [6.07, 6.45) is 0. The average Bonchev–Trinajstić information content (AvgIpc) is 2.35. The lowest BCUT2D eigenvalue weighted by molar-refractivity contribution is 0.147. The maximum atomic E-state index is 5.87. The fourth-order valence-corrected chi connectivity index (χ4v) is 1.51. The number of hydrogen-bond acceptors (Lipinski definition) is 5. The van der Waals surface area contributed by atoms with Crippen molar-refractivity contribution in [3.05, 3.63) is 35.9 Å². The van der Waals surface area contributed by atoms with Gasteiger partial charge in [0.15, 0.2) is 11.5 Å². The van der Waals surface area contributed by atoms with Gasteiger partial charge in [0.25, 0.3) is 0 Å². The molecule has 0 fully saturated rings. The minimum absolute atomic E-state index is 0.340. The van der Waals surface area contributed by atoms with E-state index in [-0.39, 0.29) is 5.62 Å². The summed E-state index contributed by atoms with van der Waals surface area (Å²) in [5.41, 5.74) is 6.55. The van der Waals surface area contributed by atoms with Gasteiger partial charge in [0.05, 0.1) is 6.61 Å². The van der Waals surface area contributed by atoms with Gasteiger partial charge in [0.2, 0.25) is 0 Å². The van der Waals surface area contributed by atoms with E-state index in [1.807, 2.05) is 30.3 Å². The largest absolute Gasteiger partial charge is 0.369 e. The van der Waals surface area contributed by atoms with Crippen LogP contribution >= 0.6 is 11.6 Å². The van der Waals surface area contributed by atoms with Gasteiger partial charge in [-0.1, -0.05) is 41.9 Å². The number of nitrogens with zero attached hydrogens (tertiary/aromatic N) is 2. The fourth-order valence-electron chi connectivity index (χ4n) is 1.41. The predicted molar refractivity (Wildman–Crippen MR) is 67.2 cm³/mol. The lowest BCUT2D eigenvalue weighted by Gasteiger charge is -2.28. The molecule has 2 rings (SSSR count). The quantitative estimate of drug-likeness (QED) is 0.624. The van der Waals surface area contributed by atoms with Gasteiger partial charge >= 0.3 is 0 Å². The molecule has 1 aromatic rings. The number of halogens is 1. The highest BCUT2D eigenvalue weighted by Gasteiger charge is 2.15. The van der Waals surface area contributed by atoms with Crippen LogP contribution in [-0.4, -0.2) is 30.1 Å². The molecule has 6 heteroatoms. The summed E-state index contributed by atoms with van der Waals surface area (Å²) in [6.45, 7) is 0.978. The smallest absolute Gasteiger partial charge is 0.188 e. The van der Waals surface area contributed by atoms with Crippen LogP contribution in [0.2, 0.25) is 0 Å². The van der Waals surface area contributed by atoms with Crippen molar-refractivity contribution in [1.82, 2.24) is 15.9 Å². The normalized spacial score (nSPS) is 19.8. The zero-order valence-electron chi connectivity index (χ0n) is 9.56. The molecule has 1 unspecified atom stereocenters. The molecule has 2 N–H and O–H groups in total. The summed E-state index contributed by atoms with van der Waals surface area (Å²) in [7, 11) is 1.79. The lowest BCUT2D eigenvalue weighted by Crippen LogP contribution is -2.54. The molecular weight excluding hydrogens is 240 g/mol. The van der Waals surface area contributed by atoms with Crippen LogP contribution in [0.15, 0.2) is 35.4 Å². The molecule has 0 aliphatic carbocycles. The summed E-state index contributed by atoms with van der Waals surface area (Å²) in [6, 6.07) is 10.0. The van der Waals surface area contributed by atoms with Crippen LogP contribution in [0.4, 0.5) is 0 Å². The zero-order valence-corrected chi connectivity index (χ0v) is 10.3. The van der Waals surface area contributed by atoms with E-state index >= 15 is 0 Å². The molecule has 0 saturated carbocycles. The molecule has 1 aromatic carbocycles. The molecule has 1 aliphatic rings. The first kappa shape index (κ1) is 12.2. The first-order valence-electron chi connectivity index (χ1n) is 5.33. The molecule has 1 atom stereocenters. The summed E-state index contributed by atoms with van der Waals surface area (Å²) in [4.78, 5) is 0. The van der Waals surface area contributed by atoms with Gasteiger partial charge in [-0.05, 0) is 5.56 Å². The Balaban J connectivity index is 1.78. The Morgan fingerprint density at radius 2 is 2.12 bits per heavy atom. The Kier molecular flexibility index (Phi) is 4.19. The van der Waals surface area contributed by atoms with Crippen molar-refractivity contribution in [2.75, 3.05) is 13.7 Å². The lowest BCUT2D eigenvalue weighted by atomic mass is 10.2. The van der Waals surface area contributed by atoms with Gasteiger partial charge in [-0.2, -0.15) is 10.5 Å². The van der Waals surface area contributed by atoms with Crippen LogP contribution in [0, 0.1) is 0 Å². The number of amidine groups is 1. The van der Waals surface area contributed by atoms with Gasteiger partial charge in [0, 0.05) is 7.05 Å². The Morgan fingerprint density at radius 3 is 2.82 bits per heavy atom. The molecule has 1 aliphatic heterocycles. The van der Waals surface area contributed by atoms with Gasteiger partial charge in [0.1, 0.15) is 6.61 Å². The van der Waals surface area contributed by atoms with E-state index < -0.39 is 0 Å². The number of nitrogens with one attached hydrogen (secondary N) is 2. The molecule has 0 aromatic heterocycles. The number of hydrazine groups is 1. The van der Waals surface area contributed by atoms with Crippen molar-refractivity contribution in [2.45, 2.75) is 12.2 Å². The first-order valence-corrected chi connectivity index (χ1v) is 5.77. The minimum atomic E-state index is -0.340. The summed E-state index contributed by atoms with van der Waals surface area (Å²) >= 11 is 5.87. The van der Waals surface area contributed by atoms with Gasteiger partial charge in [-0.15, -0.1) is 0 Å². The highest BCUT2D eigenvalue weighted by molar-refractivity contribution is 6.20. The van der Waals surface area contributed by atoms with Crippen molar-refractivity contribution in [1.29, 1.82) is 0 Å². The number of benzene rings is 1. The van der Waals surface area contributed by atoms with Crippen LogP contribution in [0.3, 0.4) is 0 Å². The molecule has 0 bridgehead atoms. The maximum absolute atomic E-state index is 5.87. The van der Waals surface area contributed by atoms with Crippen molar-refractivity contribution in [2.24, 2.45) is 5.10 Å². The second-order valence-electron chi connectivity index (χ2n) is 3.70. The van der Waals surface area contributed by atoms with Crippen molar-refractivity contribution in [3.8, 4) is 0 Å². The highest BCUT2D eigenvalue weighted by Crippen LogP contribution is 2.03. The molecule has 1 heterocycles. The molecule has 0 amide bonds. The van der Waals surface area contributed by atoms with Gasteiger partial charge < -0.3 is 10.2 Å². The van der Waals surface area contributed by atoms with E-state index in [0.717, 1.165) is 5.56 Å². The molecule has 5 nitrogen and oxygen atoms in total. The van der Waals surface area contributed by atoms with Crippen LogP contribution in [0.25, 0.3) is 0 Å². The van der Waals surface area contributed by atoms with Crippen LogP contribution in [0.5, 0.6) is 0 Å². The standard InChI is InChI=1S/C11H15ClN4O/c1-16-11(12)14-13-10(15-16)8-17-7-9-5-3-2-4-6-9/h2-6,11,14H,7-8H2,1H3,(H,13,15). The van der Waals surface area contributed by atoms with Crippen LogP contribution in [0.1, 0.15) is 5.56 Å². The third-order valence-electron chi connectivity index (χ3n) is 2.29. The Labute approximate surface area is 105 Å². The van der Waals surface area contributed by atoms with E-state index in [1.165, 1.54) is 0 Å². The topological polar surface area (TPSA) is 48.9 Å². The summed E-state index contributed by atoms with van der Waals surface area (Å²) < 4.78 is 5.54. The monoisotopic (exact) mass is 254 g/mol. The SMILES string of the molecule is CN1N=C(COCc2ccccc2)NNC1Cl. The van der Waals surface area contributed by atoms with Gasteiger partial charge in [-0.3, -0.25) is 5.01 Å². The van der Waals surface area contributed by atoms with E-state index in [2.05, 4.69) is 16.0 Å². The minimum Gasteiger partial charge on any atom is -0.369 e. The van der Waals surface area contributed by atoms with E-state index in [4.69, 9.17) is 16.3 Å². The number of ether oxygens (including phenoxy) is 1. The number of rotatable bonds is 4. The zero-order chi connectivity index (χ0) is 12.1. The molecule has 0 spiro atoms. The predicted octanol–water partition coefficient (Wildman–Crippen LogP) is 1.08. The fraction of sp³-hybridized carbons (Fsp3) is 0.364. The van der Waals surface area contributed by atoms with Crippen LogP contribution < -0.4 is 10.9 Å². The Hall–Kier alpha value is -1.30. The first-order chi connectivity index (χ1) is 8.25. The third kappa shape index (κ3) is 3.59. The maximum Gasteiger partial charge on any atom is 0.188 e. The van der Waals surface area contributed by atoms with E-state index in [0.29, 0.717) is 19.0 Å². The summed E-state index contributed by atoms with van der Waals surface area (Å²) in [5.74, 6) is 0.709. The number of hydrazone groups is 1. The van der Waals surface area contributed by atoms with Crippen molar-refractivity contribution < 1.29 is 4.74 Å². The average molecular weight is 255 g/mol. The molecule has 0 radical (unpaired) electrons. The Morgan fingerprint density at radius 1 is 1.35 bits per heavy atom. The Bertz CT molecular complexity index is 384. The van der Waals surface area contributed by atoms with Crippen LogP contribution in [-0.2, 0) is 11.3 Å². The molecule has 0 saturated heterocycles. The summed E-state index contributed by atoms with van der Waals surface area (Å²) in [5, 5.41) is 5.84. The number of hydrogen-bond donors (Lipinski definition) is 2. The molecule has 17 heavy (non-hydrogen) atoms. The third-order valence-corrected chi connectivity index (χ3v) is 2.68. The second kappa shape index (κ2) is 5.86. The number of alkyl halides is 1. The van der Waals surface area contributed by atoms with E-state index in [1.54, 1.807) is 12.1 Å². The highest BCUT2D eigenvalue weighted by atomic mass is 35.5.